The van der Waals surface area contributed by atoms with Gasteiger partial charge in [0.05, 0.1) is 18.1 Å². The first kappa shape index (κ1) is 16.8. The molecule has 0 aliphatic heterocycles. The van der Waals surface area contributed by atoms with Crippen molar-refractivity contribution >= 4 is 29.0 Å². The van der Waals surface area contributed by atoms with Gasteiger partial charge in [0.1, 0.15) is 0 Å². The zero-order chi connectivity index (χ0) is 17.1. The number of hydrogen-bond acceptors (Lipinski definition) is 4. The lowest BCUT2D eigenvalue weighted by molar-refractivity contribution is 0.0644. The molecule has 0 saturated carbocycles. The van der Waals surface area contributed by atoms with Crippen molar-refractivity contribution in [2.45, 2.75) is 39.8 Å². The lowest BCUT2D eigenvalue weighted by Crippen LogP contribution is -2.42. The molecule has 1 aromatic heterocycles. The summed E-state index contributed by atoms with van der Waals surface area (Å²) in [4.78, 5) is 32.9. The van der Waals surface area contributed by atoms with Crippen LogP contribution in [-0.2, 0) is 4.74 Å². The van der Waals surface area contributed by atoms with Crippen LogP contribution in [0.3, 0.4) is 0 Å². The van der Waals surface area contributed by atoms with Crippen LogP contribution in [0, 0.1) is 0 Å². The molecule has 124 valence electrons. The number of ether oxygens (including phenoxy) is 1. The fourth-order valence-corrected chi connectivity index (χ4v) is 2.56. The maximum atomic E-state index is 12.7. The number of aromatic nitrogens is 2. The molecule has 0 bridgehead atoms. The number of methoxy groups -OCH3 is 1. The maximum Gasteiger partial charge on any atom is 0.413 e. The molecule has 0 aliphatic rings. The number of fused-ring (bicyclic) bond motifs is 1. The van der Waals surface area contributed by atoms with Crippen LogP contribution in [0.1, 0.15) is 38.1 Å². The first-order valence-electron chi connectivity index (χ1n) is 7.51. The Morgan fingerprint density at radius 1 is 1.22 bits per heavy atom. The molecule has 0 saturated heterocycles. The zero-order valence-corrected chi connectivity index (χ0v) is 14.0. The number of carbonyl (C=O) groups is 2. The molecule has 7 heteroatoms. The van der Waals surface area contributed by atoms with Crippen molar-refractivity contribution in [2.24, 2.45) is 0 Å². The summed E-state index contributed by atoms with van der Waals surface area (Å²) in [6.45, 7) is 7.96. The van der Waals surface area contributed by atoms with E-state index in [1.54, 1.807) is 18.2 Å². The number of benzene rings is 1. The lowest BCUT2D eigenvalue weighted by Gasteiger charge is -2.30. The van der Waals surface area contributed by atoms with E-state index in [0.29, 0.717) is 16.6 Å². The molecule has 0 spiro atoms. The summed E-state index contributed by atoms with van der Waals surface area (Å²) < 4.78 is 4.53. The second kappa shape index (κ2) is 6.68. The molecular weight excluding hydrogens is 296 g/mol. The first-order valence-corrected chi connectivity index (χ1v) is 7.51. The van der Waals surface area contributed by atoms with Crippen molar-refractivity contribution in [1.29, 1.82) is 0 Å². The molecule has 2 amide bonds. The Morgan fingerprint density at radius 2 is 1.87 bits per heavy atom. The van der Waals surface area contributed by atoms with Crippen molar-refractivity contribution in [3.8, 4) is 0 Å². The molecule has 2 aromatic rings. The third kappa shape index (κ3) is 3.61. The van der Waals surface area contributed by atoms with Gasteiger partial charge in [-0.25, -0.2) is 9.78 Å². The highest BCUT2D eigenvalue weighted by atomic mass is 16.5. The van der Waals surface area contributed by atoms with Crippen molar-refractivity contribution in [2.75, 3.05) is 12.4 Å². The van der Waals surface area contributed by atoms with Crippen LogP contribution in [0.4, 0.5) is 10.7 Å². The van der Waals surface area contributed by atoms with Crippen LogP contribution in [0.5, 0.6) is 0 Å². The molecule has 0 unspecified atom stereocenters. The van der Waals surface area contributed by atoms with Crippen molar-refractivity contribution in [1.82, 2.24) is 14.9 Å². The number of carbonyl (C=O) groups excluding carboxylic acids is 2. The number of rotatable bonds is 4. The minimum atomic E-state index is -0.605. The Morgan fingerprint density at radius 3 is 2.43 bits per heavy atom. The normalized spacial score (nSPS) is 11.1. The second-order valence-corrected chi connectivity index (χ2v) is 5.83. The monoisotopic (exact) mass is 318 g/mol. The number of nitrogens with one attached hydrogen (secondary N) is 2. The standard InChI is InChI=1S/C16H22N4O3/c1-9(2)20(10(3)4)14(21)11-6-7-12-13(8-11)18-15(17-12)19-16(22)23-5/h6-10H,1-5H3,(H2,17,18,19,22). The summed E-state index contributed by atoms with van der Waals surface area (Å²) in [5.74, 6) is 0.245. The first-order chi connectivity index (χ1) is 10.8. The Balaban J connectivity index is 2.32. The van der Waals surface area contributed by atoms with Gasteiger partial charge in [0.15, 0.2) is 0 Å². The summed E-state index contributed by atoms with van der Waals surface area (Å²) in [6, 6.07) is 5.45. The van der Waals surface area contributed by atoms with E-state index in [9.17, 15) is 9.59 Å². The smallest absolute Gasteiger partial charge is 0.413 e. The molecule has 1 heterocycles. The SMILES string of the molecule is COC(=O)Nc1nc2ccc(C(=O)N(C(C)C)C(C)C)cc2[nH]1. The van der Waals surface area contributed by atoms with E-state index in [2.05, 4.69) is 20.0 Å². The van der Waals surface area contributed by atoms with E-state index in [4.69, 9.17) is 0 Å². The molecule has 0 aliphatic carbocycles. The van der Waals surface area contributed by atoms with E-state index in [-0.39, 0.29) is 23.9 Å². The van der Waals surface area contributed by atoms with Gasteiger partial charge in [-0.2, -0.15) is 0 Å². The van der Waals surface area contributed by atoms with Crippen molar-refractivity contribution < 1.29 is 14.3 Å². The van der Waals surface area contributed by atoms with Gasteiger partial charge in [-0.3, -0.25) is 10.1 Å². The second-order valence-electron chi connectivity index (χ2n) is 5.83. The third-order valence-electron chi connectivity index (χ3n) is 3.48. The van der Waals surface area contributed by atoms with Gasteiger partial charge in [0, 0.05) is 17.6 Å². The summed E-state index contributed by atoms with van der Waals surface area (Å²) in [7, 11) is 1.28. The Kier molecular flexibility index (Phi) is 4.88. The minimum Gasteiger partial charge on any atom is -0.453 e. The summed E-state index contributed by atoms with van der Waals surface area (Å²) in [5, 5.41) is 2.47. The van der Waals surface area contributed by atoms with Crippen LogP contribution >= 0.6 is 0 Å². The quantitative estimate of drug-likeness (QED) is 0.907. The Bertz CT molecular complexity index is 713. The van der Waals surface area contributed by atoms with Crippen LogP contribution in [0.15, 0.2) is 18.2 Å². The molecular formula is C16H22N4O3. The van der Waals surface area contributed by atoms with E-state index in [0.717, 1.165) is 0 Å². The van der Waals surface area contributed by atoms with Crippen LogP contribution in [0.2, 0.25) is 0 Å². The van der Waals surface area contributed by atoms with Gasteiger partial charge < -0.3 is 14.6 Å². The number of imidazole rings is 1. The molecule has 0 fully saturated rings. The molecule has 23 heavy (non-hydrogen) atoms. The number of amides is 2. The van der Waals surface area contributed by atoms with Gasteiger partial charge in [-0.15, -0.1) is 0 Å². The third-order valence-corrected chi connectivity index (χ3v) is 3.48. The summed E-state index contributed by atoms with van der Waals surface area (Å²) in [5.41, 5.74) is 1.91. The molecule has 1 aromatic carbocycles. The highest BCUT2D eigenvalue weighted by molar-refractivity contribution is 5.98. The predicted octanol–water partition coefficient (Wildman–Crippen LogP) is 3.00. The molecule has 2 rings (SSSR count). The summed E-state index contributed by atoms with van der Waals surface area (Å²) >= 11 is 0. The Labute approximate surface area is 135 Å². The van der Waals surface area contributed by atoms with Gasteiger partial charge in [0.2, 0.25) is 5.95 Å². The fraction of sp³-hybridized carbons (Fsp3) is 0.438. The highest BCUT2D eigenvalue weighted by Gasteiger charge is 2.22. The summed E-state index contributed by atoms with van der Waals surface area (Å²) in [6.07, 6.45) is -0.605. The van der Waals surface area contributed by atoms with Crippen LogP contribution in [-0.4, -0.2) is 46.1 Å². The Hall–Kier alpha value is -2.57. The number of hydrogen-bond donors (Lipinski definition) is 2. The number of H-pyrrole nitrogens is 1. The highest BCUT2D eigenvalue weighted by Crippen LogP contribution is 2.19. The van der Waals surface area contributed by atoms with Crippen LogP contribution in [0.25, 0.3) is 11.0 Å². The minimum absolute atomic E-state index is 0.0334. The maximum absolute atomic E-state index is 12.7. The van der Waals surface area contributed by atoms with E-state index in [1.165, 1.54) is 7.11 Å². The van der Waals surface area contributed by atoms with Gasteiger partial charge >= 0.3 is 6.09 Å². The molecule has 0 atom stereocenters. The van der Waals surface area contributed by atoms with Crippen molar-refractivity contribution in [3.05, 3.63) is 23.8 Å². The average Bonchev–Trinajstić information content (AvgIpc) is 2.87. The van der Waals surface area contributed by atoms with Gasteiger partial charge in [-0.1, -0.05) is 0 Å². The number of nitrogens with zero attached hydrogens (tertiary/aromatic N) is 2. The van der Waals surface area contributed by atoms with Gasteiger partial charge in [-0.05, 0) is 45.9 Å². The lowest BCUT2D eigenvalue weighted by atomic mass is 10.1. The molecule has 2 N–H and O–H groups in total. The molecule has 0 radical (unpaired) electrons. The molecule has 7 nitrogen and oxygen atoms in total. The fourth-order valence-electron chi connectivity index (χ4n) is 2.56. The zero-order valence-electron chi connectivity index (χ0n) is 14.0. The van der Waals surface area contributed by atoms with Gasteiger partial charge in [0.25, 0.3) is 5.91 Å². The largest absolute Gasteiger partial charge is 0.453 e. The van der Waals surface area contributed by atoms with E-state index >= 15 is 0 Å². The average molecular weight is 318 g/mol. The predicted molar refractivity (Wildman–Crippen MR) is 88.6 cm³/mol. The number of aromatic amines is 1. The van der Waals surface area contributed by atoms with E-state index in [1.807, 2.05) is 32.6 Å². The topological polar surface area (TPSA) is 87.3 Å². The van der Waals surface area contributed by atoms with Crippen LogP contribution < -0.4 is 5.32 Å². The number of anilines is 1. The van der Waals surface area contributed by atoms with Crippen molar-refractivity contribution in [3.63, 3.8) is 0 Å². The van der Waals surface area contributed by atoms with E-state index < -0.39 is 6.09 Å².